The maximum atomic E-state index is 13.3. The number of nitrogens with zero attached hydrogens (tertiary/aromatic N) is 3. The van der Waals surface area contributed by atoms with Crippen LogP contribution in [0.4, 0.5) is 18.9 Å². The molecule has 4 nitrogen and oxygen atoms in total. The monoisotopic (exact) mass is 339 g/mol. The van der Waals surface area contributed by atoms with Crippen LogP contribution in [0.25, 0.3) is 0 Å². The number of hydrogen-bond donors (Lipinski definition) is 0. The van der Waals surface area contributed by atoms with Gasteiger partial charge in [0, 0.05) is 37.8 Å². The summed E-state index contributed by atoms with van der Waals surface area (Å²) in [5.74, 6) is -0.107. The second kappa shape index (κ2) is 7.12. The Morgan fingerprint density at radius 2 is 1.92 bits per heavy atom. The van der Waals surface area contributed by atoms with Crippen LogP contribution in [0, 0.1) is 17.2 Å². The molecule has 1 aromatic carbocycles. The molecule has 1 fully saturated rings. The van der Waals surface area contributed by atoms with Gasteiger partial charge in [0.2, 0.25) is 5.91 Å². The predicted molar refractivity (Wildman–Crippen MR) is 84.4 cm³/mol. The third-order valence-corrected chi connectivity index (χ3v) is 4.07. The van der Waals surface area contributed by atoms with Crippen LogP contribution in [0.5, 0.6) is 0 Å². The number of nitriles is 1. The number of anilines is 1. The van der Waals surface area contributed by atoms with Crippen molar-refractivity contribution in [2.45, 2.75) is 26.4 Å². The Bertz CT molecular complexity index is 649. The Morgan fingerprint density at radius 3 is 2.50 bits per heavy atom. The maximum Gasteiger partial charge on any atom is 0.418 e. The van der Waals surface area contributed by atoms with Crippen LogP contribution in [-0.2, 0) is 11.0 Å². The van der Waals surface area contributed by atoms with E-state index in [0.717, 1.165) is 6.07 Å². The van der Waals surface area contributed by atoms with Gasteiger partial charge in [0.05, 0.1) is 17.2 Å². The Hall–Kier alpha value is -2.23. The molecule has 2 rings (SSSR count). The first-order valence-corrected chi connectivity index (χ1v) is 7.89. The van der Waals surface area contributed by atoms with E-state index in [4.69, 9.17) is 5.26 Å². The van der Waals surface area contributed by atoms with Gasteiger partial charge in [0.25, 0.3) is 0 Å². The lowest BCUT2D eigenvalue weighted by atomic mass is 10.1. The molecular formula is C17H20F3N3O. The van der Waals surface area contributed by atoms with Gasteiger partial charge in [-0.3, -0.25) is 4.79 Å². The van der Waals surface area contributed by atoms with Gasteiger partial charge in [0.15, 0.2) is 0 Å². The van der Waals surface area contributed by atoms with E-state index in [1.54, 1.807) is 15.9 Å². The molecule has 1 amide bonds. The van der Waals surface area contributed by atoms with Crippen molar-refractivity contribution in [3.05, 3.63) is 29.3 Å². The SMILES string of the molecule is CC(C)C(=O)N1CCCN(c2ccc(C#N)cc2C(F)(F)F)CC1. The zero-order valence-corrected chi connectivity index (χ0v) is 13.7. The van der Waals surface area contributed by atoms with Gasteiger partial charge in [0.1, 0.15) is 0 Å². The van der Waals surface area contributed by atoms with Crippen molar-refractivity contribution in [2.75, 3.05) is 31.1 Å². The minimum Gasteiger partial charge on any atom is -0.369 e. The summed E-state index contributed by atoms with van der Waals surface area (Å²) in [5, 5.41) is 8.85. The molecule has 130 valence electrons. The number of alkyl halides is 3. The van der Waals surface area contributed by atoms with Crippen LogP contribution in [0.2, 0.25) is 0 Å². The van der Waals surface area contributed by atoms with E-state index in [9.17, 15) is 18.0 Å². The molecular weight excluding hydrogens is 319 g/mol. The van der Waals surface area contributed by atoms with E-state index in [2.05, 4.69) is 0 Å². The molecule has 1 aliphatic heterocycles. The fourth-order valence-corrected chi connectivity index (χ4v) is 2.85. The zero-order valence-electron chi connectivity index (χ0n) is 13.7. The molecule has 0 aliphatic carbocycles. The summed E-state index contributed by atoms with van der Waals surface area (Å²) in [6.07, 6.45) is -3.92. The second-order valence-corrected chi connectivity index (χ2v) is 6.16. The van der Waals surface area contributed by atoms with Crippen molar-refractivity contribution in [3.63, 3.8) is 0 Å². The molecule has 1 aliphatic rings. The molecule has 0 aromatic heterocycles. The molecule has 1 heterocycles. The number of carbonyl (C=O) groups excluding carboxylic acids is 1. The summed E-state index contributed by atoms with van der Waals surface area (Å²) < 4.78 is 40.0. The second-order valence-electron chi connectivity index (χ2n) is 6.16. The molecule has 0 spiro atoms. The normalized spacial score (nSPS) is 16.0. The number of rotatable bonds is 2. The van der Waals surface area contributed by atoms with E-state index in [1.165, 1.54) is 12.1 Å². The van der Waals surface area contributed by atoms with Crippen LogP contribution in [0.15, 0.2) is 18.2 Å². The number of benzene rings is 1. The lowest BCUT2D eigenvalue weighted by Gasteiger charge is -2.27. The Balaban J connectivity index is 2.26. The van der Waals surface area contributed by atoms with Gasteiger partial charge in [-0.25, -0.2) is 0 Å². The first-order valence-electron chi connectivity index (χ1n) is 7.89. The van der Waals surface area contributed by atoms with Gasteiger partial charge in [-0.1, -0.05) is 13.8 Å². The Kier molecular flexibility index (Phi) is 5.37. The van der Waals surface area contributed by atoms with Crippen LogP contribution < -0.4 is 4.90 Å². The van der Waals surface area contributed by atoms with Crippen molar-refractivity contribution in [2.24, 2.45) is 5.92 Å². The van der Waals surface area contributed by atoms with Gasteiger partial charge in [-0.2, -0.15) is 18.4 Å². The maximum absolute atomic E-state index is 13.3. The van der Waals surface area contributed by atoms with Crippen molar-refractivity contribution in [3.8, 4) is 6.07 Å². The lowest BCUT2D eigenvalue weighted by Crippen LogP contribution is -2.37. The predicted octanol–water partition coefficient (Wildman–Crippen LogP) is 3.27. The van der Waals surface area contributed by atoms with Gasteiger partial charge < -0.3 is 9.80 Å². The largest absolute Gasteiger partial charge is 0.418 e. The van der Waals surface area contributed by atoms with Crippen LogP contribution in [0.3, 0.4) is 0 Å². The highest BCUT2D eigenvalue weighted by atomic mass is 19.4. The first-order chi connectivity index (χ1) is 11.2. The summed E-state index contributed by atoms with van der Waals surface area (Å²) in [6.45, 7) is 5.35. The summed E-state index contributed by atoms with van der Waals surface area (Å²) >= 11 is 0. The van der Waals surface area contributed by atoms with Gasteiger partial charge >= 0.3 is 6.18 Å². The molecule has 0 N–H and O–H groups in total. The standard InChI is InChI=1S/C17H20F3N3O/c1-12(2)16(24)23-7-3-6-22(8-9-23)15-5-4-13(11-21)10-14(15)17(18,19)20/h4-5,10,12H,3,6-9H2,1-2H3. The van der Waals surface area contributed by atoms with Crippen molar-refractivity contribution >= 4 is 11.6 Å². The summed E-state index contributed by atoms with van der Waals surface area (Å²) in [6, 6.07) is 5.38. The molecule has 0 bridgehead atoms. The number of amides is 1. The minimum absolute atomic E-state index is 0.0162. The molecule has 0 radical (unpaired) electrons. The highest BCUT2D eigenvalue weighted by Gasteiger charge is 2.35. The Labute approximate surface area is 139 Å². The quantitative estimate of drug-likeness (QED) is 0.831. The average molecular weight is 339 g/mol. The molecule has 0 atom stereocenters. The van der Waals surface area contributed by atoms with E-state index in [1.807, 2.05) is 13.8 Å². The van der Waals surface area contributed by atoms with Crippen molar-refractivity contribution in [1.29, 1.82) is 5.26 Å². The molecule has 0 saturated carbocycles. The fourth-order valence-electron chi connectivity index (χ4n) is 2.85. The number of halogens is 3. The van der Waals surface area contributed by atoms with E-state index < -0.39 is 11.7 Å². The smallest absolute Gasteiger partial charge is 0.369 e. The molecule has 24 heavy (non-hydrogen) atoms. The van der Waals surface area contributed by atoms with E-state index >= 15 is 0 Å². The highest BCUT2D eigenvalue weighted by molar-refractivity contribution is 5.78. The third-order valence-electron chi connectivity index (χ3n) is 4.07. The van der Waals surface area contributed by atoms with Crippen LogP contribution in [-0.4, -0.2) is 37.0 Å². The van der Waals surface area contributed by atoms with Crippen molar-refractivity contribution in [1.82, 2.24) is 4.90 Å². The lowest BCUT2D eigenvalue weighted by molar-refractivity contribution is -0.137. The Morgan fingerprint density at radius 1 is 1.21 bits per heavy atom. The molecule has 1 aromatic rings. The van der Waals surface area contributed by atoms with Gasteiger partial charge in [-0.15, -0.1) is 0 Å². The zero-order chi connectivity index (χ0) is 17.9. The molecule has 0 unspecified atom stereocenters. The minimum atomic E-state index is -4.53. The third kappa shape index (κ3) is 3.99. The number of carbonyl (C=O) groups is 1. The van der Waals surface area contributed by atoms with Crippen molar-refractivity contribution < 1.29 is 18.0 Å². The highest BCUT2D eigenvalue weighted by Crippen LogP contribution is 2.37. The van der Waals surface area contributed by atoms with E-state index in [0.29, 0.717) is 32.6 Å². The molecule has 7 heteroatoms. The number of hydrogen-bond acceptors (Lipinski definition) is 3. The van der Waals surface area contributed by atoms with Gasteiger partial charge in [-0.05, 0) is 24.6 Å². The fraction of sp³-hybridized carbons (Fsp3) is 0.529. The van der Waals surface area contributed by atoms with Crippen LogP contribution >= 0.6 is 0 Å². The average Bonchev–Trinajstić information content (AvgIpc) is 2.78. The van der Waals surface area contributed by atoms with E-state index in [-0.39, 0.29) is 23.1 Å². The molecule has 1 saturated heterocycles. The topological polar surface area (TPSA) is 47.3 Å². The van der Waals surface area contributed by atoms with Crippen LogP contribution in [0.1, 0.15) is 31.4 Å². The first kappa shape index (κ1) is 18.1. The summed E-state index contributed by atoms with van der Waals surface area (Å²) in [7, 11) is 0. The summed E-state index contributed by atoms with van der Waals surface area (Å²) in [5.41, 5.74) is -0.747. The summed E-state index contributed by atoms with van der Waals surface area (Å²) in [4.78, 5) is 15.5.